The molecule has 0 saturated heterocycles. The van der Waals surface area contributed by atoms with Crippen LogP contribution in [-0.4, -0.2) is 37.7 Å². The largest absolute Gasteiger partial charge is 0.416 e. The molecule has 0 bridgehead atoms. The number of fused-ring (bicyclic) bond motifs is 1. The minimum atomic E-state index is -4.47. The topological polar surface area (TPSA) is 85.0 Å². The van der Waals surface area contributed by atoms with Gasteiger partial charge < -0.3 is 14.8 Å². The number of aryl methyl sites for hydroxylation is 2. The number of nitrogens with one attached hydrogen (secondary N) is 1. The van der Waals surface area contributed by atoms with Crippen LogP contribution in [0, 0.1) is 13.8 Å². The normalized spacial score (nSPS) is 15.1. The van der Waals surface area contributed by atoms with Gasteiger partial charge in [0, 0.05) is 36.4 Å². The number of rotatable bonds is 5. The third-order valence-corrected chi connectivity index (χ3v) is 6.62. The van der Waals surface area contributed by atoms with Gasteiger partial charge in [0.25, 0.3) is 11.8 Å². The lowest BCUT2D eigenvalue weighted by Gasteiger charge is -2.32. The van der Waals surface area contributed by atoms with Crippen LogP contribution in [0.1, 0.15) is 56.3 Å². The predicted molar refractivity (Wildman–Crippen MR) is 145 cm³/mol. The van der Waals surface area contributed by atoms with E-state index in [1.165, 1.54) is 27.9 Å². The van der Waals surface area contributed by atoms with Crippen LogP contribution in [0.5, 0.6) is 0 Å². The summed E-state index contributed by atoms with van der Waals surface area (Å²) in [6, 6.07) is 11.9. The number of halogens is 3. The minimum Gasteiger partial charge on any atom is -0.348 e. The first-order valence-electron chi connectivity index (χ1n) is 12.0. The average Bonchev–Trinajstić information content (AvgIpc) is 3.49. The van der Waals surface area contributed by atoms with Crippen LogP contribution in [0.4, 0.5) is 18.9 Å². The molecule has 1 atom stereocenters. The second-order valence-electron chi connectivity index (χ2n) is 9.32. The zero-order chi connectivity index (χ0) is 27.2. The molecule has 0 spiro atoms. The van der Waals surface area contributed by atoms with Gasteiger partial charge in [0.15, 0.2) is 0 Å². The summed E-state index contributed by atoms with van der Waals surface area (Å²) in [5, 5.41) is 7.05. The molecule has 1 aromatic carbocycles. The van der Waals surface area contributed by atoms with Crippen LogP contribution in [0.25, 0.3) is 5.82 Å². The molecule has 0 radical (unpaired) electrons. The number of pyridine rings is 1. The highest BCUT2D eigenvalue weighted by Crippen LogP contribution is 2.32. The van der Waals surface area contributed by atoms with Crippen molar-refractivity contribution in [2.24, 2.45) is 0 Å². The predicted octanol–water partition coefficient (Wildman–Crippen LogP) is 4.97. The van der Waals surface area contributed by atoms with Gasteiger partial charge in [-0.3, -0.25) is 14.3 Å². The molecule has 1 N–H and O–H groups in total. The van der Waals surface area contributed by atoms with Gasteiger partial charge in [-0.25, -0.2) is 4.98 Å². The Balaban J connectivity index is 0.00000353. The van der Waals surface area contributed by atoms with E-state index in [9.17, 15) is 22.8 Å². The van der Waals surface area contributed by atoms with Crippen molar-refractivity contribution >= 4 is 31.0 Å². The standard InChI is InChI=1S/C27H25F3N6O2.H2S/c1-16-4-5-17(2)35(16)23-11-6-19(12-31-23)13-32-25(37)22-14-33-36-18(3)15-34(26(38)24(22)36)21-9-7-20(8-10-21)27(28,29)30;/h4-12,14,18H,13,15H2,1-3H3,(H,32,37);1H2/t18-;/m0./s1. The molecule has 0 fully saturated rings. The third-order valence-electron chi connectivity index (χ3n) is 6.62. The van der Waals surface area contributed by atoms with E-state index in [0.717, 1.165) is 34.9 Å². The van der Waals surface area contributed by atoms with E-state index in [2.05, 4.69) is 15.4 Å². The molecule has 3 aromatic heterocycles. The van der Waals surface area contributed by atoms with Crippen LogP contribution >= 0.6 is 13.5 Å². The summed E-state index contributed by atoms with van der Waals surface area (Å²) in [5.74, 6) is -0.218. The molecule has 12 heteroatoms. The van der Waals surface area contributed by atoms with Crippen molar-refractivity contribution in [3.05, 3.63) is 94.7 Å². The fraction of sp³-hybridized carbons (Fsp3) is 0.259. The number of alkyl halides is 3. The highest BCUT2D eigenvalue weighted by molar-refractivity contribution is 7.59. The minimum absolute atomic E-state index is 0. The van der Waals surface area contributed by atoms with E-state index in [0.29, 0.717) is 5.69 Å². The summed E-state index contributed by atoms with van der Waals surface area (Å²) in [5.41, 5.74) is 2.60. The lowest BCUT2D eigenvalue weighted by Crippen LogP contribution is -2.43. The molecule has 0 aliphatic carbocycles. The van der Waals surface area contributed by atoms with Gasteiger partial charge in [0.1, 0.15) is 11.5 Å². The van der Waals surface area contributed by atoms with Crippen LogP contribution in [0.2, 0.25) is 0 Å². The van der Waals surface area contributed by atoms with E-state index in [-0.39, 0.29) is 43.9 Å². The number of benzene rings is 1. The highest BCUT2D eigenvalue weighted by atomic mass is 32.1. The summed E-state index contributed by atoms with van der Waals surface area (Å²) < 4.78 is 42.4. The summed E-state index contributed by atoms with van der Waals surface area (Å²) in [6.45, 7) is 6.21. The monoisotopic (exact) mass is 556 g/mol. The van der Waals surface area contributed by atoms with Crippen LogP contribution in [0.3, 0.4) is 0 Å². The molecule has 4 aromatic rings. The Morgan fingerprint density at radius 3 is 2.28 bits per heavy atom. The number of amides is 2. The molecule has 39 heavy (non-hydrogen) atoms. The molecular weight excluding hydrogens is 529 g/mol. The Labute approximate surface area is 229 Å². The van der Waals surface area contributed by atoms with Gasteiger partial charge in [-0.05, 0) is 68.8 Å². The molecule has 1 aliphatic rings. The second kappa shape index (κ2) is 10.6. The SMILES string of the molecule is Cc1ccc(C)n1-c1ccc(CNC(=O)c2cnn3c2C(=O)N(c2ccc(C(F)(F)F)cc2)C[C@@H]3C)cn1.S. The first-order chi connectivity index (χ1) is 18.0. The molecular formula is C27H27F3N6O2S. The number of anilines is 1. The number of hydrogen-bond donors (Lipinski definition) is 1. The van der Waals surface area contributed by atoms with Crippen molar-refractivity contribution in [3.63, 3.8) is 0 Å². The number of nitrogens with zero attached hydrogens (tertiary/aromatic N) is 5. The molecule has 5 rings (SSSR count). The van der Waals surface area contributed by atoms with Crippen LogP contribution in [-0.2, 0) is 12.7 Å². The average molecular weight is 557 g/mol. The summed E-state index contributed by atoms with van der Waals surface area (Å²) in [4.78, 5) is 32.3. The molecule has 1 aliphatic heterocycles. The van der Waals surface area contributed by atoms with E-state index in [4.69, 9.17) is 0 Å². The fourth-order valence-electron chi connectivity index (χ4n) is 4.64. The Kier molecular flexibility index (Phi) is 7.60. The number of carbonyl (C=O) groups is 2. The van der Waals surface area contributed by atoms with Crippen molar-refractivity contribution < 1.29 is 22.8 Å². The number of carbonyl (C=O) groups excluding carboxylic acids is 2. The van der Waals surface area contributed by atoms with Gasteiger partial charge in [0.2, 0.25) is 0 Å². The first kappa shape index (κ1) is 28.0. The molecule has 0 saturated carbocycles. The smallest absolute Gasteiger partial charge is 0.348 e. The highest BCUT2D eigenvalue weighted by Gasteiger charge is 2.36. The van der Waals surface area contributed by atoms with Gasteiger partial charge >= 0.3 is 6.18 Å². The van der Waals surface area contributed by atoms with Crippen molar-refractivity contribution in [2.75, 3.05) is 11.4 Å². The zero-order valence-corrected chi connectivity index (χ0v) is 22.5. The van der Waals surface area contributed by atoms with Crippen LogP contribution in [0.15, 0.2) is 60.9 Å². The third kappa shape index (κ3) is 5.29. The van der Waals surface area contributed by atoms with Gasteiger partial charge in [-0.2, -0.15) is 31.8 Å². The number of hydrogen-bond acceptors (Lipinski definition) is 4. The van der Waals surface area contributed by atoms with Gasteiger partial charge in [-0.1, -0.05) is 6.07 Å². The maximum atomic E-state index is 13.4. The molecule has 8 nitrogen and oxygen atoms in total. The Bertz CT molecular complexity index is 1490. The first-order valence-corrected chi connectivity index (χ1v) is 12.0. The van der Waals surface area contributed by atoms with E-state index in [1.54, 1.807) is 6.20 Å². The summed E-state index contributed by atoms with van der Waals surface area (Å²) in [7, 11) is 0. The molecule has 204 valence electrons. The van der Waals surface area contributed by atoms with Crippen molar-refractivity contribution in [1.29, 1.82) is 0 Å². The van der Waals surface area contributed by atoms with Gasteiger partial charge in [0.05, 0.1) is 23.4 Å². The van der Waals surface area contributed by atoms with Crippen molar-refractivity contribution in [1.82, 2.24) is 24.6 Å². The second-order valence-corrected chi connectivity index (χ2v) is 9.32. The Hall–Kier alpha value is -4.06. The van der Waals surface area contributed by atoms with Crippen molar-refractivity contribution in [2.45, 2.75) is 39.5 Å². The molecule has 2 amide bonds. The maximum Gasteiger partial charge on any atom is 0.416 e. The number of aromatic nitrogens is 4. The fourth-order valence-corrected chi connectivity index (χ4v) is 4.64. The Morgan fingerprint density at radius 2 is 1.69 bits per heavy atom. The summed E-state index contributed by atoms with van der Waals surface area (Å²) in [6.07, 6.45) is -1.45. The lowest BCUT2D eigenvalue weighted by molar-refractivity contribution is -0.137. The van der Waals surface area contributed by atoms with E-state index >= 15 is 0 Å². The quantitative estimate of drug-likeness (QED) is 0.376. The van der Waals surface area contributed by atoms with Gasteiger partial charge in [-0.15, -0.1) is 0 Å². The zero-order valence-electron chi connectivity index (χ0n) is 21.5. The Morgan fingerprint density at radius 1 is 1.03 bits per heavy atom. The lowest BCUT2D eigenvalue weighted by atomic mass is 10.1. The van der Waals surface area contributed by atoms with Crippen molar-refractivity contribution in [3.8, 4) is 5.82 Å². The van der Waals surface area contributed by atoms with Crippen LogP contribution < -0.4 is 10.2 Å². The molecule has 4 heterocycles. The summed E-state index contributed by atoms with van der Waals surface area (Å²) >= 11 is 0. The molecule has 0 unspecified atom stereocenters. The van der Waals surface area contributed by atoms with E-state index in [1.807, 2.05) is 49.6 Å². The van der Waals surface area contributed by atoms with E-state index < -0.39 is 23.6 Å². The maximum absolute atomic E-state index is 13.4.